The van der Waals surface area contributed by atoms with Gasteiger partial charge in [0.15, 0.2) is 0 Å². The number of amides is 1. The topological polar surface area (TPSA) is 95.8 Å². The number of nitrogens with zero attached hydrogens (tertiary/aromatic N) is 1. The normalized spacial score (nSPS) is 11.9. The second kappa shape index (κ2) is 6.10. The minimum Gasteiger partial charge on any atom is -0.399 e. The van der Waals surface area contributed by atoms with Crippen LogP contribution in [0.25, 0.3) is 0 Å². The molecule has 0 aliphatic heterocycles. The summed E-state index contributed by atoms with van der Waals surface area (Å²) in [7, 11) is 0. The number of imidazole rings is 1. The lowest BCUT2D eigenvalue weighted by atomic mass is 10.1. The number of benzene rings is 1. The molecule has 0 fully saturated rings. The number of nitrogen functional groups attached to an aromatic ring is 1. The Kier molecular flexibility index (Phi) is 4.24. The highest BCUT2D eigenvalue weighted by Gasteiger charge is 2.14. The number of rotatable bonds is 5. The van der Waals surface area contributed by atoms with Crippen LogP contribution in [0.3, 0.4) is 0 Å². The standard InChI is InChI=1S/C14H19N5O/c1-3-16-14(20)11-5-4-10(15)8-12(11)19-9(2)13-17-6-7-18-13/h4-9,19H,3,15H2,1-2H3,(H,16,20)(H,17,18). The molecule has 2 aromatic rings. The van der Waals surface area contributed by atoms with Crippen LogP contribution in [0.1, 0.15) is 36.1 Å². The van der Waals surface area contributed by atoms with E-state index in [0.717, 1.165) is 5.82 Å². The van der Waals surface area contributed by atoms with Crippen LogP contribution in [-0.4, -0.2) is 22.4 Å². The zero-order valence-electron chi connectivity index (χ0n) is 11.6. The third kappa shape index (κ3) is 3.09. The minimum atomic E-state index is -0.123. The molecule has 5 N–H and O–H groups in total. The highest BCUT2D eigenvalue weighted by Crippen LogP contribution is 2.23. The molecule has 0 aliphatic rings. The fraction of sp³-hybridized carbons (Fsp3) is 0.286. The highest BCUT2D eigenvalue weighted by atomic mass is 16.1. The summed E-state index contributed by atoms with van der Waals surface area (Å²) < 4.78 is 0. The second-order valence-corrected chi connectivity index (χ2v) is 4.50. The SMILES string of the molecule is CCNC(=O)c1ccc(N)cc1NC(C)c1ncc[nH]1. The number of nitrogens with one attached hydrogen (secondary N) is 3. The van der Waals surface area contributed by atoms with Gasteiger partial charge in [0.1, 0.15) is 5.82 Å². The quantitative estimate of drug-likeness (QED) is 0.626. The first kappa shape index (κ1) is 13.9. The van der Waals surface area contributed by atoms with E-state index >= 15 is 0 Å². The molecule has 1 aromatic carbocycles. The molecule has 6 nitrogen and oxygen atoms in total. The Balaban J connectivity index is 2.25. The first-order valence-electron chi connectivity index (χ1n) is 6.55. The van der Waals surface area contributed by atoms with Crippen molar-refractivity contribution < 1.29 is 4.79 Å². The molecule has 1 aromatic heterocycles. The van der Waals surface area contributed by atoms with Crippen molar-refractivity contribution in [3.05, 3.63) is 42.0 Å². The maximum absolute atomic E-state index is 12.0. The Bertz CT molecular complexity index is 579. The maximum Gasteiger partial charge on any atom is 0.253 e. The van der Waals surface area contributed by atoms with Crippen LogP contribution >= 0.6 is 0 Å². The van der Waals surface area contributed by atoms with Crippen LogP contribution in [0.4, 0.5) is 11.4 Å². The number of H-pyrrole nitrogens is 1. The zero-order chi connectivity index (χ0) is 14.5. The number of hydrogen-bond acceptors (Lipinski definition) is 4. The number of aromatic amines is 1. The predicted octanol–water partition coefficient (Wildman–Crippen LogP) is 1.91. The molecule has 1 amide bonds. The van der Waals surface area contributed by atoms with Crippen LogP contribution in [0.5, 0.6) is 0 Å². The fourth-order valence-corrected chi connectivity index (χ4v) is 1.95. The number of anilines is 2. The van der Waals surface area contributed by atoms with Gasteiger partial charge >= 0.3 is 0 Å². The highest BCUT2D eigenvalue weighted by molar-refractivity contribution is 6.00. The van der Waals surface area contributed by atoms with E-state index in [-0.39, 0.29) is 11.9 Å². The average Bonchev–Trinajstić information content (AvgIpc) is 2.93. The lowest BCUT2D eigenvalue weighted by Crippen LogP contribution is -2.24. The summed E-state index contributed by atoms with van der Waals surface area (Å²) in [6, 6.07) is 5.13. The number of carbonyl (C=O) groups is 1. The van der Waals surface area contributed by atoms with Crippen molar-refractivity contribution in [2.24, 2.45) is 0 Å². The molecular weight excluding hydrogens is 254 g/mol. The van der Waals surface area contributed by atoms with E-state index in [1.54, 1.807) is 30.6 Å². The maximum atomic E-state index is 12.0. The van der Waals surface area contributed by atoms with Crippen molar-refractivity contribution in [3.63, 3.8) is 0 Å². The largest absolute Gasteiger partial charge is 0.399 e. The third-order valence-corrected chi connectivity index (χ3v) is 2.93. The summed E-state index contributed by atoms with van der Waals surface area (Å²) in [5.41, 5.74) is 7.67. The Morgan fingerprint density at radius 1 is 1.50 bits per heavy atom. The van der Waals surface area contributed by atoms with Crippen molar-refractivity contribution in [2.45, 2.75) is 19.9 Å². The Morgan fingerprint density at radius 3 is 2.95 bits per heavy atom. The van der Waals surface area contributed by atoms with Gasteiger partial charge in [-0.3, -0.25) is 4.79 Å². The first-order valence-corrected chi connectivity index (χ1v) is 6.55. The van der Waals surface area contributed by atoms with Gasteiger partial charge in [0.25, 0.3) is 5.91 Å². The molecule has 20 heavy (non-hydrogen) atoms. The average molecular weight is 273 g/mol. The molecule has 1 unspecified atom stereocenters. The fourth-order valence-electron chi connectivity index (χ4n) is 1.95. The predicted molar refractivity (Wildman–Crippen MR) is 79.5 cm³/mol. The second-order valence-electron chi connectivity index (χ2n) is 4.50. The van der Waals surface area contributed by atoms with Gasteiger partial charge in [0.2, 0.25) is 0 Å². The van der Waals surface area contributed by atoms with Gasteiger partial charge in [0, 0.05) is 30.3 Å². The minimum absolute atomic E-state index is 0.0556. The molecule has 2 rings (SSSR count). The first-order chi connectivity index (χ1) is 9.61. The van der Waals surface area contributed by atoms with Gasteiger partial charge in [0.05, 0.1) is 11.6 Å². The molecule has 0 saturated carbocycles. The Hall–Kier alpha value is -2.50. The molecule has 106 valence electrons. The van der Waals surface area contributed by atoms with E-state index in [2.05, 4.69) is 20.6 Å². The lowest BCUT2D eigenvalue weighted by Gasteiger charge is -2.17. The van der Waals surface area contributed by atoms with Gasteiger partial charge in [-0.05, 0) is 32.0 Å². The lowest BCUT2D eigenvalue weighted by molar-refractivity contribution is 0.0956. The van der Waals surface area contributed by atoms with Crippen LogP contribution < -0.4 is 16.4 Å². The zero-order valence-corrected chi connectivity index (χ0v) is 11.6. The summed E-state index contributed by atoms with van der Waals surface area (Å²) >= 11 is 0. The molecule has 6 heteroatoms. The van der Waals surface area contributed by atoms with Crippen LogP contribution in [0.15, 0.2) is 30.6 Å². The molecule has 0 bridgehead atoms. The molecule has 0 radical (unpaired) electrons. The summed E-state index contributed by atoms with van der Waals surface area (Å²) in [5.74, 6) is 0.677. The molecular formula is C14H19N5O. The van der Waals surface area contributed by atoms with E-state index in [4.69, 9.17) is 5.73 Å². The monoisotopic (exact) mass is 273 g/mol. The number of hydrogen-bond donors (Lipinski definition) is 4. The van der Waals surface area contributed by atoms with Crippen molar-refractivity contribution in [2.75, 3.05) is 17.6 Å². The van der Waals surface area contributed by atoms with Crippen LogP contribution in [-0.2, 0) is 0 Å². The van der Waals surface area contributed by atoms with Gasteiger partial charge in [-0.15, -0.1) is 0 Å². The Labute approximate surface area is 117 Å². The number of carbonyl (C=O) groups excluding carboxylic acids is 1. The van der Waals surface area contributed by atoms with Crippen molar-refractivity contribution in [1.82, 2.24) is 15.3 Å². The molecule has 0 aliphatic carbocycles. The molecule has 1 heterocycles. The van der Waals surface area contributed by atoms with E-state index in [1.807, 2.05) is 13.8 Å². The summed E-state index contributed by atoms with van der Waals surface area (Å²) in [4.78, 5) is 19.3. The van der Waals surface area contributed by atoms with Crippen molar-refractivity contribution in [3.8, 4) is 0 Å². The van der Waals surface area contributed by atoms with E-state index in [1.165, 1.54) is 0 Å². The number of nitrogens with two attached hydrogens (primary N) is 1. The smallest absolute Gasteiger partial charge is 0.253 e. The van der Waals surface area contributed by atoms with Crippen LogP contribution in [0, 0.1) is 0 Å². The van der Waals surface area contributed by atoms with Crippen molar-refractivity contribution >= 4 is 17.3 Å². The summed E-state index contributed by atoms with van der Waals surface area (Å²) in [6.07, 6.45) is 3.45. The van der Waals surface area contributed by atoms with Crippen LogP contribution in [0.2, 0.25) is 0 Å². The third-order valence-electron chi connectivity index (χ3n) is 2.93. The number of aromatic nitrogens is 2. The van der Waals surface area contributed by atoms with Gasteiger partial charge in [-0.2, -0.15) is 0 Å². The van der Waals surface area contributed by atoms with E-state index in [0.29, 0.717) is 23.5 Å². The van der Waals surface area contributed by atoms with Gasteiger partial charge in [-0.25, -0.2) is 4.98 Å². The molecule has 0 saturated heterocycles. The van der Waals surface area contributed by atoms with Gasteiger partial charge in [-0.1, -0.05) is 0 Å². The van der Waals surface area contributed by atoms with Gasteiger partial charge < -0.3 is 21.4 Å². The summed E-state index contributed by atoms with van der Waals surface area (Å²) in [6.45, 7) is 4.42. The Morgan fingerprint density at radius 2 is 2.30 bits per heavy atom. The molecule has 1 atom stereocenters. The summed E-state index contributed by atoms with van der Waals surface area (Å²) in [5, 5.41) is 6.04. The van der Waals surface area contributed by atoms with E-state index in [9.17, 15) is 4.79 Å². The van der Waals surface area contributed by atoms with Crippen molar-refractivity contribution in [1.29, 1.82) is 0 Å². The molecule has 0 spiro atoms. The van der Waals surface area contributed by atoms with E-state index < -0.39 is 0 Å².